The van der Waals surface area contributed by atoms with Gasteiger partial charge in [-0.15, -0.1) is 0 Å². The first-order valence-electron chi connectivity index (χ1n) is 10.4. The summed E-state index contributed by atoms with van der Waals surface area (Å²) < 4.78 is 39.8. The summed E-state index contributed by atoms with van der Waals surface area (Å²) in [6.45, 7) is 3.86. The second kappa shape index (κ2) is 9.96. The number of carbonyl (C=O) groups is 1. The second-order valence-electron chi connectivity index (χ2n) is 7.70. The van der Waals surface area contributed by atoms with Crippen LogP contribution in [-0.2, 0) is 23.0 Å². The van der Waals surface area contributed by atoms with Gasteiger partial charge in [0.15, 0.2) is 0 Å². The Bertz CT molecular complexity index is 1180. The van der Waals surface area contributed by atoms with Gasteiger partial charge < -0.3 is 5.32 Å². The van der Waals surface area contributed by atoms with Crippen LogP contribution in [0.2, 0.25) is 0 Å². The van der Waals surface area contributed by atoms with E-state index in [1.54, 1.807) is 42.5 Å². The number of halogens is 1. The number of aryl methyl sites for hydroxylation is 1. The largest absolute Gasteiger partial charge is 0.346 e. The molecule has 0 heterocycles. The van der Waals surface area contributed by atoms with Gasteiger partial charge >= 0.3 is 0 Å². The Morgan fingerprint density at radius 2 is 1.62 bits per heavy atom. The summed E-state index contributed by atoms with van der Waals surface area (Å²) >= 11 is 0. The monoisotopic (exact) mass is 454 g/mol. The average molecular weight is 455 g/mol. The minimum Gasteiger partial charge on any atom is -0.346 e. The van der Waals surface area contributed by atoms with Crippen molar-refractivity contribution in [2.45, 2.75) is 32.9 Å². The number of nitrogens with one attached hydrogen (secondary N) is 1. The van der Waals surface area contributed by atoms with Crippen molar-refractivity contribution in [3.8, 4) is 0 Å². The smallest absolute Gasteiger partial charge is 0.251 e. The van der Waals surface area contributed by atoms with E-state index in [0.717, 1.165) is 22.5 Å². The van der Waals surface area contributed by atoms with E-state index < -0.39 is 15.8 Å². The van der Waals surface area contributed by atoms with E-state index in [9.17, 15) is 17.6 Å². The third-order valence-electron chi connectivity index (χ3n) is 5.33. The fraction of sp³-hybridized carbons (Fsp3) is 0.240. The quantitative estimate of drug-likeness (QED) is 0.529. The van der Waals surface area contributed by atoms with Gasteiger partial charge in [0.1, 0.15) is 5.82 Å². The molecular formula is C25H27FN2O3S. The maximum Gasteiger partial charge on any atom is 0.251 e. The molecule has 0 fully saturated rings. The molecule has 3 aromatic carbocycles. The summed E-state index contributed by atoms with van der Waals surface area (Å²) in [5, 5.41) is 2.96. The molecule has 0 spiro atoms. The molecule has 168 valence electrons. The van der Waals surface area contributed by atoms with Crippen LogP contribution >= 0.6 is 0 Å². The zero-order valence-electron chi connectivity index (χ0n) is 18.4. The molecule has 7 heteroatoms. The van der Waals surface area contributed by atoms with Gasteiger partial charge in [-0.05, 0) is 54.8 Å². The first-order chi connectivity index (χ1) is 15.2. The van der Waals surface area contributed by atoms with E-state index in [2.05, 4.69) is 12.2 Å². The molecule has 0 saturated heterocycles. The molecule has 32 heavy (non-hydrogen) atoms. The lowest BCUT2D eigenvalue weighted by Crippen LogP contribution is -2.30. The highest BCUT2D eigenvalue weighted by atomic mass is 32.2. The Labute approximate surface area is 188 Å². The summed E-state index contributed by atoms with van der Waals surface area (Å²) in [5.74, 6) is -0.735. The van der Waals surface area contributed by atoms with E-state index in [4.69, 9.17) is 0 Å². The van der Waals surface area contributed by atoms with Crippen LogP contribution < -0.4 is 9.62 Å². The Hall–Kier alpha value is -3.19. The van der Waals surface area contributed by atoms with Crippen LogP contribution in [0.4, 0.5) is 10.1 Å². The van der Waals surface area contributed by atoms with Crippen molar-refractivity contribution < 1.29 is 17.6 Å². The van der Waals surface area contributed by atoms with E-state index >= 15 is 0 Å². The standard InChI is InChI=1S/C25H27FN2O3S/c1-4-19-9-11-20(12-10-19)18(2)27-25(29)21-13-15-23(16-14-21)28(32(3,30)31)17-22-7-5-6-8-24(22)26/h5-16,18H,4,17H2,1-3H3,(H,27,29)/t18-/m0/s1. The minimum atomic E-state index is -3.66. The summed E-state index contributed by atoms with van der Waals surface area (Å²) in [5.41, 5.74) is 3.26. The SMILES string of the molecule is CCc1ccc([C@H](C)NC(=O)c2ccc(N(Cc3ccccc3F)S(C)(=O)=O)cc2)cc1. The van der Waals surface area contributed by atoms with E-state index in [-0.39, 0.29) is 24.1 Å². The number of anilines is 1. The van der Waals surface area contributed by atoms with Crippen LogP contribution in [-0.4, -0.2) is 20.6 Å². The summed E-state index contributed by atoms with van der Waals surface area (Å²) in [7, 11) is -3.66. The van der Waals surface area contributed by atoms with E-state index in [0.29, 0.717) is 11.3 Å². The normalized spacial score (nSPS) is 12.2. The van der Waals surface area contributed by atoms with Gasteiger partial charge in [-0.25, -0.2) is 12.8 Å². The third-order valence-corrected chi connectivity index (χ3v) is 6.47. The highest BCUT2D eigenvalue weighted by Crippen LogP contribution is 2.23. The maximum atomic E-state index is 14.1. The van der Waals surface area contributed by atoms with Gasteiger partial charge in [0.2, 0.25) is 10.0 Å². The first kappa shape index (κ1) is 23.5. The second-order valence-corrected chi connectivity index (χ2v) is 9.61. The van der Waals surface area contributed by atoms with Gasteiger partial charge in [0.25, 0.3) is 5.91 Å². The molecule has 1 amide bonds. The maximum absolute atomic E-state index is 14.1. The number of hydrogen-bond donors (Lipinski definition) is 1. The first-order valence-corrected chi connectivity index (χ1v) is 12.2. The molecular weight excluding hydrogens is 427 g/mol. The van der Waals surface area contributed by atoms with Crippen molar-refractivity contribution in [1.82, 2.24) is 5.32 Å². The minimum absolute atomic E-state index is 0.137. The van der Waals surface area contributed by atoms with Crippen LogP contribution in [0.1, 0.15) is 46.9 Å². The number of rotatable bonds is 8. The van der Waals surface area contributed by atoms with Gasteiger partial charge in [-0.3, -0.25) is 9.10 Å². The van der Waals surface area contributed by atoms with Gasteiger partial charge in [-0.2, -0.15) is 0 Å². The molecule has 5 nitrogen and oxygen atoms in total. The van der Waals surface area contributed by atoms with Crippen molar-refractivity contribution in [3.63, 3.8) is 0 Å². The number of hydrogen-bond acceptors (Lipinski definition) is 3. The highest BCUT2D eigenvalue weighted by molar-refractivity contribution is 7.92. The summed E-state index contributed by atoms with van der Waals surface area (Å²) in [6.07, 6.45) is 2.02. The predicted molar refractivity (Wildman–Crippen MR) is 126 cm³/mol. The van der Waals surface area contributed by atoms with Gasteiger partial charge in [0, 0.05) is 11.1 Å². The lowest BCUT2D eigenvalue weighted by atomic mass is 10.0. The highest BCUT2D eigenvalue weighted by Gasteiger charge is 2.20. The molecule has 3 aromatic rings. The van der Waals surface area contributed by atoms with Crippen LogP contribution in [0, 0.1) is 5.82 Å². The summed E-state index contributed by atoms with van der Waals surface area (Å²) in [4.78, 5) is 12.7. The molecule has 0 saturated carbocycles. The Balaban J connectivity index is 1.75. The lowest BCUT2D eigenvalue weighted by molar-refractivity contribution is 0.0940. The van der Waals surface area contributed by atoms with Crippen molar-refractivity contribution in [1.29, 1.82) is 0 Å². The molecule has 3 rings (SSSR count). The molecule has 0 aliphatic carbocycles. The predicted octanol–water partition coefficient (Wildman–Crippen LogP) is 4.85. The number of amides is 1. The molecule has 0 aliphatic rings. The van der Waals surface area contributed by atoms with E-state index in [1.807, 2.05) is 31.2 Å². The average Bonchev–Trinajstić information content (AvgIpc) is 2.78. The Kier molecular flexibility index (Phi) is 7.30. The van der Waals surface area contributed by atoms with Crippen LogP contribution in [0.3, 0.4) is 0 Å². The fourth-order valence-corrected chi connectivity index (χ4v) is 4.24. The van der Waals surface area contributed by atoms with Crippen molar-refractivity contribution in [2.24, 2.45) is 0 Å². The molecule has 1 N–H and O–H groups in total. The summed E-state index contributed by atoms with van der Waals surface area (Å²) in [6, 6.07) is 20.2. The zero-order chi connectivity index (χ0) is 23.3. The van der Waals surface area contributed by atoms with Gasteiger partial charge in [0.05, 0.1) is 24.5 Å². The fourth-order valence-electron chi connectivity index (χ4n) is 3.37. The van der Waals surface area contributed by atoms with Crippen LogP contribution in [0.15, 0.2) is 72.8 Å². The molecule has 0 aromatic heterocycles. The topological polar surface area (TPSA) is 66.5 Å². The number of benzene rings is 3. The lowest BCUT2D eigenvalue weighted by Gasteiger charge is -2.23. The van der Waals surface area contributed by atoms with Crippen LogP contribution in [0.25, 0.3) is 0 Å². The van der Waals surface area contributed by atoms with Crippen molar-refractivity contribution in [3.05, 3.63) is 101 Å². The third kappa shape index (κ3) is 5.73. The molecule has 0 aliphatic heterocycles. The van der Waals surface area contributed by atoms with Crippen molar-refractivity contribution in [2.75, 3.05) is 10.6 Å². The number of nitrogens with zero attached hydrogens (tertiary/aromatic N) is 1. The van der Waals surface area contributed by atoms with Crippen molar-refractivity contribution >= 4 is 21.6 Å². The molecule has 0 radical (unpaired) electrons. The molecule has 0 bridgehead atoms. The number of sulfonamides is 1. The molecule has 1 atom stereocenters. The Morgan fingerprint density at radius 1 is 1.00 bits per heavy atom. The zero-order valence-corrected chi connectivity index (χ0v) is 19.2. The van der Waals surface area contributed by atoms with E-state index in [1.165, 1.54) is 11.6 Å². The van der Waals surface area contributed by atoms with Crippen LogP contribution in [0.5, 0.6) is 0 Å². The van der Waals surface area contributed by atoms with Gasteiger partial charge in [-0.1, -0.05) is 49.4 Å². The number of carbonyl (C=O) groups excluding carboxylic acids is 1. The molecule has 0 unspecified atom stereocenters. The Morgan fingerprint density at radius 3 is 2.19 bits per heavy atom.